The topological polar surface area (TPSA) is 17.1 Å². The van der Waals surface area contributed by atoms with Gasteiger partial charge in [-0.3, -0.25) is 4.79 Å². The molecule has 0 aliphatic carbocycles. The third kappa shape index (κ3) is 3.88. The minimum atomic E-state index is 0.105. The van der Waals surface area contributed by atoms with Gasteiger partial charge in [-0.1, -0.05) is 17.7 Å². The van der Waals surface area contributed by atoms with Crippen molar-refractivity contribution in [1.82, 2.24) is 0 Å². The number of halogens is 1. The van der Waals surface area contributed by atoms with Crippen LogP contribution in [0, 0.1) is 0 Å². The fraction of sp³-hybridized carbons (Fsp3) is 0.500. The fourth-order valence-electron chi connectivity index (χ4n) is 0.340. The Hall–Kier alpha value is -0.300. The summed E-state index contributed by atoms with van der Waals surface area (Å²) in [5.74, 6) is 0.105. The summed E-state index contributed by atoms with van der Waals surface area (Å²) in [5, 5.41) is 0.623. The molecule has 0 fully saturated rings. The van der Waals surface area contributed by atoms with Crippen molar-refractivity contribution in [1.29, 1.82) is 0 Å². The largest absolute Gasteiger partial charge is 0.300 e. The Labute approximate surface area is 54.3 Å². The maximum atomic E-state index is 10.3. The van der Waals surface area contributed by atoms with Gasteiger partial charge in [0.25, 0.3) is 0 Å². The molecule has 0 aromatic heterocycles. The molecule has 0 saturated heterocycles. The molecule has 0 aromatic carbocycles. The predicted molar refractivity (Wildman–Crippen MR) is 34.9 cm³/mol. The van der Waals surface area contributed by atoms with Crippen LogP contribution < -0.4 is 0 Å². The van der Waals surface area contributed by atoms with Gasteiger partial charge >= 0.3 is 0 Å². The monoisotopic (exact) mass is 132 g/mol. The van der Waals surface area contributed by atoms with Gasteiger partial charge in [-0.05, 0) is 13.8 Å². The quantitative estimate of drug-likeness (QED) is 0.563. The van der Waals surface area contributed by atoms with Crippen LogP contribution >= 0.6 is 11.6 Å². The highest BCUT2D eigenvalue weighted by molar-refractivity contribution is 6.30. The summed E-state index contributed by atoms with van der Waals surface area (Å²) in [4.78, 5) is 10.3. The zero-order valence-electron chi connectivity index (χ0n) is 5.07. The van der Waals surface area contributed by atoms with Gasteiger partial charge in [0.2, 0.25) is 0 Å². The molecule has 0 aliphatic heterocycles. The molecule has 0 radical (unpaired) electrons. The number of ketones is 1. The second kappa shape index (κ2) is 3.67. The van der Waals surface area contributed by atoms with Gasteiger partial charge in [0.05, 0.1) is 0 Å². The maximum absolute atomic E-state index is 10.3. The fourth-order valence-corrected chi connectivity index (χ4v) is 0.528. The minimum absolute atomic E-state index is 0.105. The van der Waals surface area contributed by atoms with Crippen LogP contribution in [0.2, 0.25) is 0 Å². The van der Waals surface area contributed by atoms with E-state index in [0.29, 0.717) is 11.5 Å². The first-order valence-corrected chi connectivity index (χ1v) is 2.84. The Morgan fingerprint density at radius 1 is 1.75 bits per heavy atom. The molecule has 1 nitrogen and oxygen atoms in total. The van der Waals surface area contributed by atoms with Crippen LogP contribution in [0.4, 0.5) is 0 Å². The molecule has 0 unspecified atom stereocenters. The molecule has 0 atom stereocenters. The molecule has 0 amide bonds. The van der Waals surface area contributed by atoms with Crippen LogP contribution in [-0.4, -0.2) is 5.78 Å². The summed E-state index contributed by atoms with van der Waals surface area (Å²) >= 11 is 5.50. The average Bonchev–Trinajstić information content (AvgIpc) is 1.65. The molecule has 46 valence electrons. The zero-order chi connectivity index (χ0) is 6.57. The summed E-state index contributed by atoms with van der Waals surface area (Å²) in [6.07, 6.45) is 2.10. The lowest BCUT2D eigenvalue weighted by atomic mass is 10.3. The number of Topliss-reactive ketones (excluding diaryl/α,β-unsaturated/α-hetero) is 1. The number of carbonyl (C=O) groups is 1. The number of hydrogen-bond acceptors (Lipinski definition) is 1. The number of allylic oxidation sites excluding steroid dienone is 2. The Kier molecular flexibility index (Phi) is 3.53. The number of carbonyl (C=O) groups excluding carboxylic acids is 1. The van der Waals surface area contributed by atoms with Gasteiger partial charge in [0, 0.05) is 11.5 Å². The van der Waals surface area contributed by atoms with E-state index in [2.05, 4.69) is 0 Å². The summed E-state index contributed by atoms with van der Waals surface area (Å²) in [7, 11) is 0. The highest BCUT2D eigenvalue weighted by atomic mass is 35.5. The molecule has 0 spiro atoms. The van der Waals surface area contributed by atoms with Crippen LogP contribution in [0.1, 0.15) is 20.3 Å². The van der Waals surface area contributed by atoms with Crippen LogP contribution in [0.25, 0.3) is 0 Å². The second-order valence-corrected chi connectivity index (χ2v) is 2.10. The van der Waals surface area contributed by atoms with Crippen molar-refractivity contribution in [3.05, 3.63) is 11.1 Å². The normalized spacial score (nSPS) is 11.6. The first-order valence-electron chi connectivity index (χ1n) is 2.47. The molecule has 0 heterocycles. The van der Waals surface area contributed by atoms with Crippen molar-refractivity contribution in [2.45, 2.75) is 20.3 Å². The molecule has 0 rings (SSSR count). The summed E-state index contributed by atoms with van der Waals surface area (Å²) in [6, 6.07) is 0. The van der Waals surface area contributed by atoms with Gasteiger partial charge in [0.15, 0.2) is 0 Å². The highest BCUT2D eigenvalue weighted by Crippen LogP contribution is 2.05. The first kappa shape index (κ1) is 7.70. The Bertz CT molecular complexity index is 116. The standard InChI is InChI=1S/C6H9ClO/c1-3-6(7)4-5(2)8/h3H,4H2,1-2H3/b6-3+. The van der Waals surface area contributed by atoms with Gasteiger partial charge in [-0.25, -0.2) is 0 Å². The van der Waals surface area contributed by atoms with Crippen LogP contribution in [-0.2, 0) is 4.79 Å². The molecular formula is C6H9ClO. The number of rotatable bonds is 2. The predicted octanol–water partition coefficient (Wildman–Crippen LogP) is 2.11. The van der Waals surface area contributed by atoms with E-state index in [4.69, 9.17) is 11.6 Å². The van der Waals surface area contributed by atoms with Gasteiger partial charge in [-0.2, -0.15) is 0 Å². The smallest absolute Gasteiger partial charge is 0.135 e. The van der Waals surface area contributed by atoms with Crippen molar-refractivity contribution >= 4 is 17.4 Å². The molecule has 8 heavy (non-hydrogen) atoms. The Morgan fingerprint density at radius 3 is 2.38 bits per heavy atom. The van der Waals surface area contributed by atoms with Crippen LogP contribution in [0.5, 0.6) is 0 Å². The summed E-state index contributed by atoms with van der Waals surface area (Å²) in [6.45, 7) is 3.33. The third-order valence-corrected chi connectivity index (χ3v) is 1.08. The van der Waals surface area contributed by atoms with E-state index < -0.39 is 0 Å². The van der Waals surface area contributed by atoms with E-state index in [1.807, 2.05) is 6.92 Å². The Morgan fingerprint density at radius 2 is 2.25 bits per heavy atom. The molecule has 0 aliphatic rings. The summed E-state index contributed by atoms with van der Waals surface area (Å²) in [5.41, 5.74) is 0. The van der Waals surface area contributed by atoms with E-state index in [1.165, 1.54) is 6.92 Å². The molecule has 2 heteroatoms. The lowest BCUT2D eigenvalue weighted by Crippen LogP contribution is -1.87. The molecule has 0 saturated carbocycles. The molecule has 0 N–H and O–H groups in total. The minimum Gasteiger partial charge on any atom is -0.300 e. The maximum Gasteiger partial charge on any atom is 0.135 e. The highest BCUT2D eigenvalue weighted by Gasteiger charge is 1.93. The second-order valence-electron chi connectivity index (χ2n) is 1.61. The Balaban J connectivity index is 3.56. The molecule has 0 aromatic rings. The van der Waals surface area contributed by atoms with Crippen molar-refractivity contribution in [2.24, 2.45) is 0 Å². The van der Waals surface area contributed by atoms with E-state index in [9.17, 15) is 4.79 Å². The van der Waals surface area contributed by atoms with Gasteiger partial charge < -0.3 is 0 Å². The van der Waals surface area contributed by atoms with E-state index >= 15 is 0 Å². The van der Waals surface area contributed by atoms with Crippen molar-refractivity contribution in [3.8, 4) is 0 Å². The zero-order valence-corrected chi connectivity index (χ0v) is 5.83. The third-order valence-electron chi connectivity index (χ3n) is 0.731. The van der Waals surface area contributed by atoms with Gasteiger partial charge in [-0.15, -0.1) is 0 Å². The van der Waals surface area contributed by atoms with Crippen molar-refractivity contribution < 1.29 is 4.79 Å². The first-order chi connectivity index (χ1) is 3.66. The lowest BCUT2D eigenvalue weighted by Gasteiger charge is -1.88. The van der Waals surface area contributed by atoms with E-state index in [0.717, 1.165) is 0 Å². The van der Waals surface area contributed by atoms with Gasteiger partial charge in [0.1, 0.15) is 5.78 Å². The SMILES string of the molecule is C/C=C(/Cl)CC(C)=O. The summed E-state index contributed by atoms with van der Waals surface area (Å²) < 4.78 is 0. The van der Waals surface area contributed by atoms with Crippen LogP contribution in [0.15, 0.2) is 11.1 Å². The lowest BCUT2D eigenvalue weighted by molar-refractivity contribution is -0.116. The molecule has 0 bridgehead atoms. The average molecular weight is 133 g/mol. The number of hydrogen-bond donors (Lipinski definition) is 0. The van der Waals surface area contributed by atoms with Crippen molar-refractivity contribution in [3.63, 3.8) is 0 Å². The van der Waals surface area contributed by atoms with E-state index in [1.54, 1.807) is 6.08 Å². The molecular weight excluding hydrogens is 124 g/mol. The van der Waals surface area contributed by atoms with Crippen molar-refractivity contribution in [2.75, 3.05) is 0 Å². The van der Waals surface area contributed by atoms with E-state index in [-0.39, 0.29) is 5.78 Å². The van der Waals surface area contributed by atoms with Crippen LogP contribution in [0.3, 0.4) is 0 Å².